The Morgan fingerprint density at radius 2 is 2.00 bits per heavy atom. The Bertz CT molecular complexity index is 1420. The van der Waals surface area contributed by atoms with Gasteiger partial charge in [0.25, 0.3) is 0 Å². The predicted molar refractivity (Wildman–Crippen MR) is 135 cm³/mol. The molecule has 0 aliphatic carbocycles. The second-order valence-electron chi connectivity index (χ2n) is 8.44. The lowest BCUT2D eigenvalue weighted by atomic mass is 10.0. The van der Waals surface area contributed by atoms with E-state index in [-0.39, 0.29) is 17.5 Å². The number of carbonyl (C=O) groups is 1. The van der Waals surface area contributed by atoms with E-state index in [4.69, 9.17) is 11.6 Å². The number of aryl methyl sites for hydroxylation is 2. The number of carbonyl (C=O) groups excluding carboxylic acids is 1. The maximum atomic E-state index is 15.3. The van der Waals surface area contributed by atoms with Crippen molar-refractivity contribution in [2.75, 3.05) is 16.8 Å². The first-order valence-corrected chi connectivity index (χ1v) is 11.8. The van der Waals surface area contributed by atoms with Crippen molar-refractivity contribution in [2.24, 2.45) is 7.05 Å². The number of fused-ring (bicyclic) bond motifs is 1. The molecule has 0 spiro atoms. The quantitative estimate of drug-likeness (QED) is 0.380. The van der Waals surface area contributed by atoms with Crippen molar-refractivity contribution in [1.82, 2.24) is 19.7 Å². The number of anilines is 3. The van der Waals surface area contributed by atoms with Crippen LogP contribution < -0.4 is 10.2 Å². The first-order chi connectivity index (χ1) is 16.9. The summed E-state index contributed by atoms with van der Waals surface area (Å²) in [5.74, 6) is 0.836. The third kappa shape index (κ3) is 4.61. The van der Waals surface area contributed by atoms with E-state index in [1.165, 1.54) is 11.0 Å². The molecular formula is C26H24ClFN6O. The van der Waals surface area contributed by atoms with Gasteiger partial charge in [0.2, 0.25) is 5.91 Å². The number of hydrogen-bond donors (Lipinski definition) is 1. The third-order valence-electron chi connectivity index (χ3n) is 6.14. The minimum Gasteiger partial charge on any atom is -0.325 e. The highest BCUT2D eigenvalue weighted by atomic mass is 35.5. The van der Waals surface area contributed by atoms with Gasteiger partial charge in [-0.25, -0.2) is 14.4 Å². The molecule has 4 heterocycles. The van der Waals surface area contributed by atoms with Gasteiger partial charge in [-0.1, -0.05) is 24.6 Å². The van der Waals surface area contributed by atoms with E-state index in [2.05, 4.69) is 27.3 Å². The normalized spacial score (nSPS) is 12.6. The Morgan fingerprint density at radius 1 is 1.14 bits per heavy atom. The number of nitrogens with zero attached hydrogens (tertiary/aromatic N) is 5. The second kappa shape index (κ2) is 9.46. The Kier molecular flexibility index (Phi) is 6.21. The number of benzene rings is 1. The van der Waals surface area contributed by atoms with Gasteiger partial charge in [0.05, 0.1) is 17.8 Å². The molecule has 1 aliphatic rings. The second-order valence-corrected chi connectivity index (χ2v) is 8.80. The van der Waals surface area contributed by atoms with E-state index >= 15 is 4.39 Å². The van der Waals surface area contributed by atoms with Gasteiger partial charge in [0.1, 0.15) is 22.6 Å². The van der Waals surface area contributed by atoms with Crippen LogP contribution >= 0.6 is 11.6 Å². The summed E-state index contributed by atoms with van der Waals surface area (Å²) in [4.78, 5) is 22.9. The Balaban J connectivity index is 1.39. The molecule has 0 atom stereocenters. The summed E-state index contributed by atoms with van der Waals surface area (Å²) in [7, 11) is 1.87. The molecule has 1 amide bonds. The molecule has 4 aromatic rings. The Hall–Kier alpha value is -3.78. The lowest BCUT2D eigenvalue weighted by Crippen LogP contribution is -2.31. The van der Waals surface area contributed by atoms with E-state index in [0.29, 0.717) is 30.0 Å². The van der Waals surface area contributed by atoms with Crippen molar-refractivity contribution < 1.29 is 9.18 Å². The first kappa shape index (κ1) is 23.0. The lowest BCUT2D eigenvalue weighted by molar-refractivity contribution is -0.117. The zero-order valence-electron chi connectivity index (χ0n) is 19.4. The maximum absolute atomic E-state index is 15.3. The molecule has 0 saturated heterocycles. The van der Waals surface area contributed by atoms with Crippen LogP contribution in [-0.2, 0) is 31.1 Å². The van der Waals surface area contributed by atoms with E-state index in [9.17, 15) is 4.79 Å². The van der Waals surface area contributed by atoms with Gasteiger partial charge in [-0.3, -0.25) is 9.48 Å². The van der Waals surface area contributed by atoms with Gasteiger partial charge in [0, 0.05) is 32.1 Å². The number of hydrogen-bond acceptors (Lipinski definition) is 5. The molecule has 35 heavy (non-hydrogen) atoms. The molecule has 0 fully saturated rings. The minimum absolute atomic E-state index is 0.0699. The van der Waals surface area contributed by atoms with E-state index in [1.54, 1.807) is 29.2 Å². The number of halogens is 2. The summed E-state index contributed by atoms with van der Waals surface area (Å²) in [5, 5.41) is 8.01. The number of pyridine rings is 2. The van der Waals surface area contributed by atoms with Crippen molar-refractivity contribution in [3.05, 3.63) is 82.6 Å². The summed E-state index contributed by atoms with van der Waals surface area (Å²) < 4.78 is 17.1. The Labute approximate surface area is 207 Å². The Morgan fingerprint density at radius 3 is 2.77 bits per heavy atom. The standard InChI is InChI=1S/C26H24ClFN6O/c1-3-20-15-23(33(2)32-20)31-22-13-16(6-9-29-22)19-11-17-7-10-34(25(17)21(28)12-19)24(35)14-18-5-4-8-30-26(18)27/h4-6,8-9,11-13,15H,3,7,10,14H2,1-2H3,(H,29,31). The van der Waals surface area contributed by atoms with Crippen molar-refractivity contribution in [3.63, 3.8) is 0 Å². The molecule has 5 rings (SSSR count). The number of rotatable bonds is 6. The molecule has 0 bridgehead atoms. The summed E-state index contributed by atoms with van der Waals surface area (Å²) >= 11 is 6.11. The van der Waals surface area contributed by atoms with Crippen LogP contribution in [0.25, 0.3) is 11.1 Å². The van der Waals surface area contributed by atoms with Crippen molar-refractivity contribution in [1.29, 1.82) is 0 Å². The number of aromatic nitrogens is 4. The van der Waals surface area contributed by atoms with E-state index in [0.717, 1.165) is 34.6 Å². The SMILES string of the molecule is CCc1cc(Nc2cc(-c3cc(F)c4c(c3)CCN4C(=O)Cc3cccnc3Cl)ccn2)n(C)n1. The zero-order chi connectivity index (χ0) is 24.5. The molecule has 0 saturated carbocycles. The molecule has 9 heteroatoms. The van der Waals surface area contributed by atoms with Gasteiger partial charge in [-0.15, -0.1) is 0 Å². The molecule has 0 radical (unpaired) electrons. The highest BCUT2D eigenvalue weighted by Crippen LogP contribution is 2.36. The summed E-state index contributed by atoms with van der Waals surface area (Å²) in [5.41, 5.74) is 4.31. The fraction of sp³-hybridized carbons (Fsp3) is 0.231. The molecule has 178 valence electrons. The summed E-state index contributed by atoms with van der Waals surface area (Å²) in [6.45, 7) is 2.48. The summed E-state index contributed by atoms with van der Waals surface area (Å²) in [6.07, 6.45) is 4.75. The lowest BCUT2D eigenvalue weighted by Gasteiger charge is -2.19. The van der Waals surface area contributed by atoms with Crippen LogP contribution in [0.4, 0.5) is 21.7 Å². The van der Waals surface area contributed by atoms with Crippen LogP contribution in [0.15, 0.2) is 54.9 Å². The maximum Gasteiger partial charge on any atom is 0.231 e. The molecule has 7 nitrogen and oxygen atoms in total. The largest absolute Gasteiger partial charge is 0.325 e. The minimum atomic E-state index is -0.425. The zero-order valence-corrected chi connectivity index (χ0v) is 20.2. The van der Waals surface area contributed by atoms with Crippen molar-refractivity contribution in [2.45, 2.75) is 26.2 Å². The average molecular weight is 491 g/mol. The topological polar surface area (TPSA) is 75.9 Å². The highest BCUT2D eigenvalue weighted by molar-refractivity contribution is 6.30. The molecule has 3 aromatic heterocycles. The van der Waals surface area contributed by atoms with E-state index in [1.807, 2.05) is 31.3 Å². The van der Waals surface area contributed by atoms with E-state index < -0.39 is 5.82 Å². The van der Waals surface area contributed by atoms with Crippen LogP contribution in [-0.4, -0.2) is 32.2 Å². The van der Waals surface area contributed by atoms with Gasteiger partial charge in [-0.05, 0) is 65.4 Å². The van der Waals surface area contributed by atoms with Crippen LogP contribution in [0.3, 0.4) is 0 Å². The van der Waals surface area contributed by atoms with Crippen LogP contribution in [0, 0.1) is 5.82 Å². The molecule has 1 aliphatic heterocycles. The van der Waals surface area contributed by atoms with Gasteiger partial charge < -0.3 is 10.2 Å². The number of amides is 1. The smallest absolute Gasteiger partial charge is 0.231 e. The molecule has 1 aromatic carbocycles. The molecule has 0 unspecified atom stereocenters. The highest BCUT2D eigenvalue weighted by Gasteiger charge is 2.29. The van der Waals surface area contributed by atoms with Crippen LogP contribution in [0.1, 0.15) is 23.7 Å². The monoisotopic (exact) mass is 490 g/mol. The van der Waals surface area contributed by atoms with Gasteiger partial charge in [-0.2, -0.15) is 5.10 Å². The van der Waals surface area contributed by atoms with Crippen molar-refractivity contribution in [3.8, 4) is 11.1 Å². The van der Waals surface area contributed by atoms with Crippen LogP contribution in [0.5, 0.6) is 0 Å². The molecule has 1 N–H and O–H groups in total. The fourth-order valence-corrected chi connectivity index (χ4v) is 4.53. The first-order valence-electron chi connectivity index (χ1n) is 11.4. The average Bonchev–Trinajstić information content (AvgIpc) is 3.44. The van der Waals surface area contributed by atoms with Gasteiger partial charge in [0.15, 0.2) is 0 Å². The fourth-order valence-electron chi connectivity index (χ4n) is 4.34. The number of nitrogens with one attached hydrogen (secondary N) is 1. The summed E-state index contributed by atoms with van der Waals surface area (Å²) in [6, 6.07) is 12.6. The van der Waals surface area contributed by atoms with Gasteiger partial charge >= 0.3 is 0 Å². The third-order valence-corrected chi connectivity index (χ3v) is 6.48. The van der Waals surface area contributed by atoms with Crippen LogP contribution in [0.2, 0.25) is 5.15 Å². The van der Waals surface area contributed by atoms with Crippen molar-refractivity contribution >= 4 is 34.8 Å². The molecular weight excluding hydrogens is 467 g/mol. The predicted octanol–water partition coefficient (Wildman–Crippen LogP) is 5.11.